The van der Waals surface area contributed by atoms with Crippen molar-refractivity contribution in [1.82, 2.24) is 9.80 Å². The quantitative estimate of drug-likeness (QED) is 0.789. The van der Waals surface area contributed by atoms with Crippen molar-refractivity contribution < 1.29 is 4.79 Å². The Morgan fingerprint density at radius 2 is 1.76 bits per heavy atom. The minimum Gasteiger partial charge on any atom is -0.398 e. The van der Waals surface area contributed by atoms with E-state index in [1.165, 1.54) is 0 Å². The van der Waals surface area contributed by atoms with Crippen LogP contribution in [0.15, 0.2) is 16.6 Å². The zero-order chi connectivity index (χ0) is 15.8. The van der Waals surface area contributed by atoms with Crippen LogP contribution in [-0.2, 0) is 0 Å². The van der Waals surface area contributed by atoms with Gasteiger partial charge in [0.15, 0.2) is 0 Å². The van der Waals surface area contributed by atoms with E-state index in [0.29, 0.717) is 11.3 Å². The van der Waals surface area contributed by atoms with E-state index in [4.69, 9.17) is 5.73 Å². The highest BCUT2D eigenvalue weighted by Crippen LogP contribution is 2.25. The Hall–Kier alpha value is -1.07. The molecule has 1 aromatic carbocycles. The van der Waals surface area contributed by atoms with E-state index in [1.807, 2.05) is 24.0 Å². The number of halogens is 1. The predicted molar refractivity (Wildman–Crippen MR) is 90.5 cm³/mol. The number of carbonyl (C=O) groups is 1. The summed E-state index contributed by atoms with van der Waals surface area (Å²) in [5.74, 6) is 0.0778. The molecule has 0 atom stereocenters. The van der Waals surface area contributed by atoms with Gasteiger partial charge in [-0.1, -0.05) is 15.9 Å². The molecule has 1 fully saturated rings. The third-order valence-electron chi connectivity index (χ3n) is 4.16. The average Bonchev–Trinajstić information content (AvgIpc) is 2.41. The highest BCUT2D eigenvalue weighted by molar-refractivity contribution is 9.10. The highest BCUT2D eigenvalue weighted by atomic mass is 79.9. The van der Waals surface area contributed by atoms with Crippen LogP contribution in [0.2, 0.25) is 0 Å². The van der Waals surface area contributed by atoms with Gasteiger partial charge in [-0.15, -0.1) is 0 Å². The largest absolute Gasteiger partial charge is 0.398 e. The minimum atomic E-state index is 0.0778. The maximum absolute atomic E-state index is 12.7. The van der Waals surface area contributed by atoms with Crippen molar-refractivity contribution in [1.29, 1.82) is 0 Å². The Morgan fingerprint density at radius 1 is 1.19 bits per heavy atom. The molecule has 1 aliphatic heterocycles. The summed E-state index contributed by atoms with van der Waals surface area (Å²) < 4.78 is 0.849. The summed E-state index contributed by atoms with van der Waals surface area (Å²) in [6.07, 6.45) is 0. The second-order valence-corrected chi connectivity index (χ2v) is 7.53. The Kier molecular flexibility index (Phi) is 4.63. The topological polar surface area (TPSA) is 49.6 Å². The van der Waals surface area contributed by atoms with Gasteiger partial charge in [0, 0.05) is 47.4 Å². The number of nitrogens with zero attached hydrogens (tertiary/aromatic N) is 2. The second kappa shape index (κ2) is 5.97. The van der Waals surface area contributed by atoms with Gasteiger partial charge in [-0.3, -0.25) is 9.69 Å². The van der Waals surface area contributed by atoms with Crippen molar-refractivity contribution in [2.24, 2.45) is 0 Å². The molecule has 0 spiro atoms. The smallest absolute Gasteiger partial charge is 0.254 e. The zero-order valence-electron chi connectivity index (χ0n) is 13.2. The third kappa shape index (κ3) is 3.58. The first-order valence-corrected chi connectivity index (χ1v) is 8.09. The van der Waals surface area contributed by atoms with Crippen molar-refractivity contribution in [3.8, 4) is 0 Å². The molecule has 0 aliphatic carbocycles. The molecule has 1 aromatic rings. The van der Waals surface area contributed by atoms with Crippen LogP contribution in [-0.4, -0.2) is 47.4 Å². The number of hydrogen-bond acceptors (Lipinski definition) is 3. The van der Waals surface area contributed by atoms with E-state index in [9.17, 15) is 4.79 Å². The summed E-state index contributed by atoms with van der Waals surface area (Å²) in [4.78, 5) is 17.1. The van der Waals surface area contributed by atoms with Crippen molar-refractivity contribution in [3.63, 3.8) is 0 Å². The summed E-state index contributed by atoms with van der Waals surface area (Å²) >= 11 is 3.42. The lowest BCUT2D eigenvalue weighted by Crippen LogP contribution is -2.54. The van der Waals surface area contributed by atoms with Crippen molar-refractivity contribution in [3.05, 3.63) is 27.7 Å². The molecule has 0 radical (unpaired) electrons. The molecule has 1 saturated heterocycles. The zero-order valence-corrected chi connectivity index (χ0v) is 14.8. The lowest BCUT2D eigenvalue weighted by atomic mass is 10.0. The van der Waals surface area contributed by atoms with Gasteiger partial charge in [-0.05, 0) is 45.4 Å². The fourth-order valence-corrected chi connectivity index (χ4v) is 3.15. The SMILES string of the molecule is Cc1c(N)cc(Br)cc1C(=O)N1CCN(C(C)(C)C)CC1. The number of rotatable bonds is 1. The second-order valence-electron chi connectivity index (χ2n) is 6.62. The standard InChI is InChI=1S/C16H24BrN3O/c1-11-13(9-12(17)10-14(11)18)15(21)19-5-7-20(8-6-19)16(2,3)4/h9-10H,5-8,18H2,1-4H3. The number of nitrogens with two attached hydrogens (primary N) is 1. The number of hydrogen-bond donors (Lipinski definition) is 1. The molecule has 2 N–H and O–H groups in total. The Morgan fingerprint density at radius 3 is 2.29 bits per heavy atom. The number of benzene rings is 1. The summed E-state index contributed by atoms with van der Waals surface area (Å²) in [7, 11) is 0. The molecule has 2 rings (SSSR count). The van der Waals surface area contributed by atoms with E-state index in [2.05, 4.69) is 41.6 Å². The number of nitrogen functional groups attached to an aromatic ring is 1. The predicted octanol–water partition coefficient (Wildman–Crippen LogP) is 2.90. The first-order valence-electron chi connectivity index (χ1n) is 7.30. The lowest BCUT2D eigenvalue weighted by Gasteiger charge is -2.42. The van der Waals surface area contributed by atoms with Crippen LogP contribution >= 0.6 is 15.9 Å². The molecule has 1 aliphatic rings. The van der Waals surface area contributed by atoms with E-state index < -0.39 is 0 Å². The van der Waals surface area contributed by atoms with Gasteiger partial charge in [0.2, 0.25) is 0 Å². The van der Waals surface area contributed by atoms with Crippen molar-refractivity contribution >= 4 is 27.5 Å². The molecule has 0 saturated carbocycles. The molecular weight excluding hydrogens is 330 g/mol. The number of piperazine rings is 1. The van der Waals surface area contributed by atoms with E-state index in [1.54, 1.807) is 0 Å². The molecule has 4 nitrogen and oxygen atoms in total. The van der Waals surface area contributed by atoms with Gasteiger partial charge in [0.1, 0.15) is 0 Å². The monoisotopic (exact) mass is 353 g/mol. The molecular formula is C16H24BrN3O. The summed E-state index contributed by atoms with van der Waals surface area (Å²) in [5.41, 5.74) is 8.33. The molecule has 0 aromatic heterocycles. The Bertz CT molecular complexity index is 543. The summed E-state index contributed by atoms with van der Waals surface area (Å²) in [6.45, 7) is 11.9. The van der Waals surface area contributed by atoms with E-state index in [-0.39, 0.29) is 11.4 Å². The highest BCUT2D eigenvalue weighted by Gasteiger charge is 2.28. The summed E-state index contributed by atoms with van der Waals surface area (Å²) in [6, 6.07) is 3.70. The fourth-order valence-electron chi connectivity index (χ4n) is 2.67. The van der Waals surface area contributed by atoms with Gasteiger partial charge in [0.25, 0.3) is 5.91 Å². The number of carbonyl (C=O) groups excluding carboxylic acids is 1. The Balaban J connectivity index is 2.13. The molecule has 0 unspecified atom stereocenters. The lowest BCUT2D eigenvalue weighted by molar-refractivity contribution is 0.0450. The first-order chi connectivity index (χ1) is 9.70. The average molecular weight is 354 g/mol. The third-order valence-corrected chi connectivity index (χ3v) is 4.62. The molecule has 5 heteroatoms. The van der Waals surface area contributed by atoms with Crippen LogP contribution in [0.4, 0.5) is 5.69 Å². The molecule has 21 heavy (non-hydrogen) atoms. The van der Waals surface area contributed by atoms with Crippen LogP contribution in [0, 0.1) is 6.92 Å². The molecule has 1 amide bonds. The number of amides is 1. The van der Waals surface area contributed by atoms with Gasteiger partial charge in [-0.2, -0.15) is 0 Å². The Labute approximate surface area is 135 Å². The van der Waals surface area contributed by atoms with Crippen LogP contribution in [0.25, 0.3) is 0 Å². The van der Waals surface area contributed by atoms with Crippen LogP contribution in [0.1, 0.15) is 36.7 Å². The van der Waals surface area contributed by atoms with E-state index >= 15 is 0 Å². The molecule has 1 heterocycles. The van der Waals surface area contributed by atoms with Crippen molar-refractivity contribution in [2.75, 3.05) is 31.9 Å². The van der Waals surface area contributed by atoms with Crippen LogP contribution in [0.5, 0.6) is 0 Å². The van der Waals surface area contributed by atoms with Crippen molar-refractivity contribution in [2.45, 2.75) is 33.2 Å². The molecule has 116 valence electrons. The van der Waals surface area contributed by atoms with Gasteiger partial charge < -0.3 is 10.6 Å². The van der Waals surface area contributed by atoms with Crippen LogP contribution < -0.4 is 5.73 Å². The van der Waals surface area contributed by atoms with Gasteiger partial charge >= 0.3 is 0 Å². The number of anilines is 1. The maximum Gasteiger partial charge on any atom is 0.254 e. The molecule has 0 bridgehead atoms. The van der Waals surface area contributed by atoms with Crippen LogP contribution in [0.3, 0.4) is 0 Å². The van der Waals surface area contributed by atoms with Gasteiger partial charge in [0.05, 0.1) is 0 Å². The maximum atomic E-state index is 12.7. The normalized spacial score (nSPS) is 17.1. The summed E-state index contributed by atoms with van der Waals surface area (Å²) in [5, 5.41) is 0. The first kappa shape index (κ1) is 16.3. The fraction of sp³-hybridized carbons (Fsp3) is 0.562. The van der Waals surface area contributed by atoms with Gasteiger partial charge in [-0.25, -0.2) is 0 Å². The minimum absolute atomic E-state index is 0.0778. The van der Waals surface area contributed by atoms with E-state index in [0.717, 1.165) is 36.2 Å².